The van der Waals surface area contributed by atoms with Crippen LogP contribution in [0.15, 0.2) is 24.3 Å². The van der Waals surface area contributed by atoms with Crippen molar-refractivity contribution in [3.8, 4) is 0 Å². The third kappa shape index (κ3) is 6.26. The Bertz CT molecular complexity index is 426. The van der Waals surface area contributed by atoms with Gasteiger partial charge >= 0.3 is 6.03 Å². The number of aliphatic hydroxyl groups is 1. The van der Waals surface area contributed by atoms with E-state index in [4.69, 9.17) is 11.6 Å². The molecular formula is C15H23ClN2O2. The minimum atomic E-state index is -0.431. The van der Waals surface area contributed by atoms with E-state index < -0.39 is 6.10 Å². The second kappa shape index (κ2) is 7.50. The Morgan fingerprint density at radius 3 is 2.40 bits per heavy atom. The maximum atomic E-state index is 11.6. The number of hydrogen-bond acceptors (Lipinski definition) is 2. The van der Waals surface area contributed by atoms with E-state index in [0.29, 0.717) is 24.5 Å². The van der Waals surface area contributed by atoms with Crippen LogP contribution in [0.25, 0.3) is 0 Å². The van der Waals surface area contributed by atoms with Crippen LogP contribution in [0.3, 0.4) is 0 Å². The van der Waals surface area contributed by atoms with Crippen LogP contribution < -0.4 is 10.6 Å². The lowest BCUT2D eigenvalue weighted by Gasteiger charge is -2.25. The Morgan fingerprint density at radius 1 is 1.25 bits per heavy atom. The first-order chi connectivity index (χ1) is 9.29. The molecule has 0 aliphatic rings. The molecule has 0 aliphatic heterocycles. The standard InChI is InChI=1S/C15H23ClN2O2/c1-15(2,3)13(19)8-9-17-14(20)18-10-11-4-6-12(16)7-5-11/h4-7,13,19H,8-10H2,1-3H3,(H2,17,18,20). The molecule has 0 aromatic heterocycles. The normalized spacial score (nSPS) is 12.8. The van der Waals surface area contributed by atoms with Gasteiger partial charge in [-0.1, -0.05) is 44.5 Å². The summed E-state index contributed by atoms with van der Waals surface area (Å²) in [6.07, 6.45) is 0.108. The molecule has 0 bridgehead atoms. The Morgan fingerprint density at radius 2 is 1.85 bits per heavy atom. The van der Waals surface area contributed by atoms with Gasteiger partial charge in [0.15, 0.2) is 0 Å². The van der Waals surface area contributed by atoms with Gasteiger partial charge < -0.3 is 15.7 Å². The van der Waals surface area contributed by atoms with E-state index in [-0.39, 0.29) is 11.4 Å². The molecule has 0 radical (unpaired) electrons. The van der Waals surface area contributed by atoms with E-state index in [1.165, 1.54) is 0 Å². The predicted molar refractivity (Wildman–Crippen MR) is 81.8 cm³/mol. The topological polar surface area (TPSA) is 61.4 Å². The molecule has 3 N–H and O–H groups in total. The highest BCUT2D eigenvalue weighted by atomic mass is 35.5. The lowest BCUT2D eigenvalue weighted by Crippen LogP contribution is -2.38. The number of nitrogens with one attached hydrogen (secondary N) is 2. The Kier molecular flexibility index (Phi) is 6.30. The van der Waals surface area contributed by atoms with Gasteiger partial charge in [0.1, 0.15) is 0 Å². The van der Waals surface area contributed by atoms with Crippen LogP contribution >= 0.6 is 11.6 Å². The van der Waals surface area contributed by atoms with Crippen molar-refractivity contribution in [2.24, 2.45) is 5.41 Å². The van der Waals surface area contributed by atoms with Crippen LogP contribution in [-0.2, 0) is 6.54 Å². The van der Waals surface area contributed by atoms with E-state index in [1.54, 1.807) is 12.1 Å². The molecule has 1 rings (SSSR count). The second-order valence-corrected chi connectivity index (χ2v) is 6.34. The van der Waals surface area contributed by atoms with Gasteiger partial charge in [0.2, 0.25) is 0 Å². The number of hydrogen-bond donors (Lipinski definition) is 3. The molecule has 0 spiro atoms. The highest BCUT2D eigenvalue weighted by Crippen LogP contribution is 2.20. The SMILES string of the molecule is CC(C)(C)C(O)CCNC(=O)NCc1ccc(Cl)cc1. The van der Waals surface area contributed by atoms with Crippen LogP contribution in [0.4, 0.5) is 4.79 Å². The van der Waals surface area contributed by atoms with E-state index >= 15 is 0 Å². The summed E-state index contributed by atoms with van der Waals surface area (Å²) in [7, 11) is 0. The second-order valence-electron chi connectivity index (χ2n) is 5.91. The fraction of sp³-hybridized carbons (Fsp3) is 0.533. The number of aliphatic hydroxyl groups excluding tert-OH is 1. The van der Waals surface area contributed by atoms with E-state index in [0.717, 1.165) is 5.56 Å². The van der Waals surface area contributed by atoms with Gasteiger partial charge in [0.25, 0.3) is 0 Å². The van der Waals surface area contributed by atoms with Crippen molar-refractivity contribution >= 4 is 17.6 Å². The maximum absolute atomic E-state index is 11.6. The number of halogens is 1. The van der Waals surface area contributed by atoms with Crippen molar-refractivity contribution < 1.29 is 9.90 Å². The van der Waals surface area contributed by atoms with Crippen molar-refractivity contribution in [2.75, 3.05) is 6.54 Å². The Labute approximate surface area is 125 Å². The molecule has 2 amide bonds. The predicted octanol–water partition coefficient (Wildman–Crippen LogP) is 2.94. The largest absolute Gasteiger partial charge is 0.393 e. The average molecular weight is 299 g/mol. The summed E-state index contributed by atoms with van der Waals surface area (Å²) < 4.78 is 0. The molecular weight excluding hydrogens is 276 g/mol. The first-order valence-corrected chi connectivity index (χ1v) is 7.11. The summed E-state index contributed by atoms with van der Waals surface area (Å²) in [6.45, 7) is 6.81. The van der Waals surface area contributed by atoms with Crippen LogP contribution in [0.2, 0.25) is 5.02 Å². The van der Waals surface area contributed by atoms with Gasteiger partial charge in [-0.15, -0.1) is 0 Å². The first kappa shape index (κ1) is 16.8. The number of benzene rings is 1. The highest BCUT2D eigenvalue weighted by molar-refractivity contribution is 6.30. The quantitative estimate of drug-likeness (QED) is 0.783. The number of carbonyl (C=O) groups excluding carboxylic acids is 1. The molecule has 0 saturated heterocycles. The number of urea groups is 1. The molecule has 112 valence electrons. The van der Waals surface area contributed by atoms with Crippen LogP contribution in [0, 0.1) is 5.41 Å². The van der Waals surface area contributed by atoms with Gasteiger partial charge in [-0.25, -0.2) is 4.79 Å². The molecule has 4 nitrogen and oxygen atoms in total. The van der Waals surface area contributed by atoms with Crippen LogP contribution in [0.1, 0.15) is 32.8 Å². The van der Waals surface area contributed by atoms with E-state index in [1.807, 2.05) is 32.9 Å². The minimum Gasteiger partial charge on any atom is -0.393 e. The lowest BCUT2D eigenvalue weighted by molar-refractivity contribution is 0.0564. The maximum Gasteiger partial charge on any atom is 0.315 e. The Hall–Kier alpha value is -1.26. The van der Waals surface area contributed by atoms with Gasteiger partial charge in [-0.05, 0) is 29.5 Å². The number of amides is 2. The lowest BCUT2D eigenvalue weighted by atomic mass is 9.87. The van der Waals surface area contributed by atoms with Gasteiger partial charge in [0, 0.05) is 18.1 Å². The summed E-state index contributed by atoms with van der Waals surface area (Å²) in [5.74, 6) is 0. The molecule has 1 aromatic rings. The molecule has 1 unspecified atom stereocenters. The van der Waals surface area contributed by atoms with Crippen molar-refractivity contribution in [1.82, 2.24) is 10.6 Å². The van der Waals surface area contributed by atoms with Gasteiger partial charge in [-0.3, -0.25) is 0 Å². The summed E-state index contributed by atoms with van der Waals surface area (Å²) in [6, 6.07) is 7.07. The molecule has 5 heteroatoms. The monoisotopic (exact) mass is 298 g/mol. The Balaban J connectivity index is 2.22. The third-order valence-electron chi connectivity index (χ3n) is 3.07. The first-order valence-electron chi connectivity index (χ1n) is 6.73. The number of rotatable bonds is 5. The van der Waals surface area contributed by atoms with E-state index in [9.17, 15) is 9.90 Å². The zero-order chi connectivity index (χ0) is 15.2. The smallest absolute Gasteiger partial charge is 0.315 e. The average Bonchev–Trinajstić information content (AvgIpc) is 2.37. The van der Waals surface area contributed by atoms with Gasteiger partial charge in [0.05, 0.1) is 6.10 Å². The van der Waals surface area contributed by atoms with Crippen molar-refractivity contribution in [3.05, 3.63) is 34.9 Å². The van der Waals surface area contributed by atoms with Crippen molar-refractivity contribution in [3.63, 3.8) is 0 Å². The third-order valence-corrected chi connectivity index (χ3v) is 3.32. The molecule has 0 saturated carbocycles. The van der Waals surface area contributed by atoms with Crippen LogP contribution in [0.5, 0.6) is 0 Å². The fourth-order valence-electron chi connectivity index (χ4n) is 1.60. The fourth-order valence-corrected chi connectivity index (χ4v) is 1.73. The van der Waals surface area contributed by atoms with Gasteiger partial charge in [-0.2, -0.15) is 0 Å². The molecule has 0 heterocycles. The van der Waals surface area contributed by atoms with Crippen molar-refractivity contribution in [1.29, 1.82) is 0 Å². The zero-order valence-corrected chi connectivity index (χ0v) is 13.0. The summed E-state index contributed by atoms with van der Waals surface area (Å²) in [4.78, 5) is 11.6. The molecule has 1 aromatic carbocycles. The van der Waals surface area contributed by atoms with E-state index in [2.05, 4.69) is 10.6 Å². The zero-order valence-electron chi connectivity index (χ0n) is 12.2. The summed E-state index contributed by atoms with van der Waals surface area (Å²) >= 11 is 5.79. The number of carbonyl (C=O) groups is 1. The van der Waals surface area contributed by atoms with Crippen molar-refractivity contribution in [2.45, 2.75) is 39.8 Å². The molecule has 0 aliphatic carbocycles. The minimum absolute atomic E-state index is 0.165. The molecule has 1 atom stereocenters. The highest BCUT2D eigenvalue weighted by Gasteiger charge is 2.21. The molecule has 20 heavy (non-hydrogen) atoms. The summed E-state index contributed by atoms with van der Waals surface area (Å²) in [5, 5.41) is 16.0. The summed E-state index contributed by atoms with van der Waals surface area (Å²) in [5.41, 5.74) is 0.820. The van der Waals surface area contributed by atoms with Crippen LogP contribution in [-0.4, -0.2) is 23.8 Å². The molecule has 0 fully saturated rings.